The average molecular weight is 357 g/mol. The summed E-state index contributed by atoms with van der Waals surface area (Å²) in [4.78, 5) is 12.5. The highest BCUT2D eigenvalue weighted by Crippen LogP contribution is 2.13. The van der Waals surface area contributed by atoms with Gasteiger partial charge in [0.15, 0.2) is 8.24 Å². The number of rotatable bonds is 15. The molecular formula is C20H44N2OSi. The van der Waals surface area contributed by atoms with Crippen molar-refractivity contribution in [2.75, 3.05) is 13.1 Å². The van der Waals surface area contributed by atoms with Crippen LogP contribution in [0.15, 0.2) is 0 Å². The molecule has 0 aromatic heterocycles. The molecule has 24 heavy (non-hydrogen) atoms. The zero-order valence-corrected chi connectivity index (χ0v) is 18.3. The second-order valence-electron chi connectivity index (χ2n) is 8.09. The molecule has 0 spiro atoms. The summed E-state index contributed by atoms with van der Waals surface area (Å²) in [6.45, 7) is 13.1. The second kappa shape index (κ2) is 14.8. The maximum atomic E-state index is 12.5. The Morgan fingerprint density at radius 2 is 1.21 bits per heavy atom. The largest absolute Gasteiger partial charge is 0.353 e. The third kappa shape index (κ3) is 12.9. The van der Waals surface area contributed by atoms with Gasteiger partial charge in [0.2, 0.25) is 0 Å². The summed E-state index contributed by atoms with van der Waals surface area (Å²) in [5.41, 5.74) is 0. The lowest BCUT2D eigenvalue weighted by Gasteiger charge is -2.34. The summed E-state index contributed by atoms with van der Waals surface area (Å²) >= 11 is 0. The molecule has 0 unspecified atom stereocenters. The number of unbranched alkanes of at least 4 members (excludes halogenated alkanes) is 10. The number of amides is 2. The molecule has 144 valence electrons. The standard InChI is InChI=1S/C20H44N2OSi/c1-6-8-10-12-14-16-18-21-20(23)22(24(3,4)5)19-17-15-13-11-9-7-2/h6-19H2,1-5H3,(H,21,23). The van der Waals surface area contributed by atoms with Crippen molar-refractivity contribution >= 4 is 14.3 Å². The van der Waals surface area contributed by atoms with Crippen molar-refractivity contribution in [1.82, 2.24) is 9.88 Å². The minimum atomic E-state index is -1.59. The summed E-state index contributed by atoms with van der Waals surface area (Å²) in [6, 6.07) is 0.177. The van der Waals surface area contributed by atoms with Gasteiger partial charge in [-0.2, -0.15) is 0 Å². The molecule has 0 atom stereocenters. The van der Waals surface area contributed by atoms with E-state index in [0.29, 0.717) is 0 Å². The molecule has 0 rings (SSSR count). The summed E-state index contributed by atoms with van der Waals surface area (Å²) in [7, 11) is -1.59. The maximum absolute atomic E-state index is 12.5. The lowest BCUT2D eigenvalue weighted by Crippen LogP contribution is -2.54. The van der Waals surface area contributed by atoms with Gasteiger partial charge in [0, 0.05) is 13.1 Å². The Kier molecular flexibility index (Phi) is 14.5. The van der Waals surface area contributed by atoms with Gasteiger partial charge in [0.05, 0.1) is 0 Å². The van der Waals surface area contributed by atoms with Gasteiger partial charge in [-0.15, -0.1) is 0 Å². The predicted molar refractivity (Wildman–Crippen MR) is 110 cm³/mol. The van der Waals surface area contributed by atoms with Crippen LogP contribution >= 0.6 is 0 Å². The van der Waals surface area contributed by atoms with E-state index < -0.39 is 8.24 Å². The Balaban J connectivity index is 3.96. The third-order valence-electron chi connectivity index (χ3n) is 4.60. The van der Waals surface area contributed by atoms with Gasteiger partial charge in [-0.3, -0.25) is 0 Å². The van der Waals surface area contributed by atoms with Crippen molar-refractivity contribution in [2.45, 2.75) is 111 Å². The number of hydrogen-bond acceptors (Lipinski definition) is 1. The van der Waals surface area contributed by atoms with Crippen LogP contribution in [0, 0.1) is 0 Å². The Labute approximate surface area is 153 Å². The topological polar surface area (TPSA) is 32.3 Å². The number of carbonyl (C=O) groups is 1. The second-order valence-corrected chi connectivity index (χ2v) is 13.0. The molecule has 0 aromatic rings. The van der Waals surface area contributed by atoms with Crippen LogP contribution in [0.1, 0.15) is 90.9 Å². The summed E-state index contributed by atoms with van der Waals surface area (Å²) in [6.07, 6.45) is 15.3. The van der Waals surface area contributed by atoms with Crippen molar-refractivity contribution in [3.05, 3.63) is 0 Å². The highest BCUT2D eigenvalue weighted by molar-refractivity contribution is 6.75. The van der Waals surface area contributed by atoms with Crippen LogP contribution in [0.5, 0.6) is 0 Å². The normalized spacial score (nSPS) is 11.5. The zero-order valence-electron chi connectivity index (χ0n) is 17.3. The van der Waals surface area contributed by atoms with Crippen LogP contribution in [0.25, 0.3) is 0 Å². The number of hydrogen-bond donors (Lipinski definition) is 1. The minimum Gasteiger partial charge on any atom is -0.353 e. The summed E-state index contributed by atoms with van der Waals surface area (Å²) < 4.78 is 2.16. The van der Waals surface area contributed by atoms with E-state index >= 15 is 0 Å². The van der Waals surface area contributed by atoms with Crippen molar-refractivity contribution in [3.8, 4) is 0 Å². The molecular weight excluding hydrogens is 312 g/mol. The molecule has 0 radical (unpaired) electrons. The van der Waals surface area contributed by atoms with Crippen molar-refractivity contribution in [2.24, 2.45) is 0 Å². The number of nitrogens with one attached hydrogen (secondary N) is 1. The zero-order chi connectivity index (χ0) is 18.3. The monoisotopic (exact) mass is 356 g/mol. The Morgan fingerprint density at radius 1 is 0.750 bits per heavy atom. The number of nitrogens with zero attached hydrogens (tertiary/aromatic N) is 1. The van der Waals surface area contributed by atoms with Crippen LogP contribution in [-0.2, 0) is 0 Å². The first-order valence-electron chi connectivity index (χ1n) is 10.5. The lowest BCUT2D eigenvalue weighted by atomic mass is 10.1. The summed E-state index contributed by atoms with van der Waals surface area (Å²) in [5, 5.41) is 3.16. The van der Waals surface area contributed by atoms with Crippen molar-refractivity contribution < 1.29 is 4.79 Å². The van der Waals surface area contributed by atoms with Crippen LogP contribution in [0.2, 0.25) is 19.6 Å². The Hall–Kier alpha value is -0.513. The molecule has 0 aliphatic carbocycles. The van der Waals surface area contributed by atoms with E-state index in [0.717, 1.165) is 25.9 Å². The van der Waals surface area contributed by atoms with Gasteiger partial charge in [-0.05, 0) is 12.8 Å². The molecule has 2 amide bonds. The molecule has 0 aliphatic rings. The molecule has 3 nitrogen and oxygen atoms in total. The summed E-state index contributed by atoms with van der Waals surface area (Å²) in [5.74, 6) is 0. The van der Waals surface area contributed by atoms with Crippen LogP contribution in [-0.4, -0.2) is 31.9 Å². The van der Waals surface area contributed by atoms with E-state index in [1.54, 1.807) is 0 Å². The molecule has 0 aromatic carbocycles. The SMILES string of the molecule is CCCCCCCCNC(=O)N(CCCCCCCC)[Si](C)(C)C. The van der Waals surface area contributed by atoms with Gasteiger partial charge >= 0.3 is 6.03 Å². The van der Waals surface area contributed by atoms with Gasteiger partial charge in [-0.25, -0.2) is 4.79 Å². The van der Waals surface area contributed by atoms with Crippen LogP contribution in [0.4, 0.5) is 4.79 Å². The van der Waals surface area contributed by atoms with E-state index in [1.165, 1.54) is 64.2 Å². The number of carbonyl (C=O) groups excluding carboxylic acids is 1. The number of urea groups is 1. The maximum Gasteiger partial charge on any atom is 0.309 e. The van der Waals surface area contributed by atoms with Crippen LogP contribution in [0.3, 0.4) is 0 Å². The molecule has 0 bridgehead atoms. The fourth-order valence-electron chi connectivity index (χ4n) is 2.99. The van der Waals surface area contributed by atoms with E-state index in [2.05, 4.69) is 43.4 Å². The highest BCUT2D eigenvalue weighted by atomic mass is 28.3. The molecule has 1 N–H and O–H groups in total. The molecule has 0 saturated carbocycles. The van der Waals surface area contributed by atoms with Crippen LogP contribution < -0.4 is 5.32 Å². The first-order chi connectivity index (χ1) is 11.4. The predicted octanol–water partition coefficient (Wildman–Crippen LogP) is 6.55. The quantitative estimate of drug-likeness (QED) is 0.262. The van der Waals surface area contributed by atoms with E-state index in [4.69, 9.17) is 0 Å². The fourth-order valence-corrected chi connectivity index (χ4v) is 4.51. The highest BCUT2D eigenvalue weighted by Gasteiger charge is 2.27. The van der Waals surface area contributed by atoms with Gasteiger partial charge < -0.3 is 9.88 Å². The molecule has 0 saturated heterocycles. The van der Waals surface area contributed by atoms with E-state index in [1.807, 2.05) is 0 Å². The average Bonchev–Trinajstić information content (AvgIpc) is 2.52. The molecule has 0 fully saturated rings. The third-order valence-corrected chi connectivity index (χ3v) is 6.64. The Morgan fingerprint density at radius 3 is 1.71 bits per heavy atom. The van der Waals surface area contributed by atoms with E-state index in [9.17, 15) is 4.79 Å². The van der Waals surface area contributed by atoms with Crippen molar-refractivity contribution in [3.63, 3.8) is 0 Å². The molecule has 0 heterocycles. The van der Waals surface area contributed by atoms with Crippen molar-refractivity contribution in [1.29, 1.82) is 0 Å². The Bertz CT molecular complexity index is 303. The van der Waals surface area contributed by atoms with E-state index in [-0.39, 0.29) is 6.03 Å². The fraction of sp³-hybridized carbons (Fsp3) is 0.950. The first kappa shape index (κ1) is 23.5. The smallest absolute Gasteiger partial charge is 0.309 e. The first-order valence-corrected chi connectivity index (χ1v) is 13.9. The van der Waals surface area contributed by atoms with Gasteiger partial charge in [-0.1, -0.05) is 97.7 Å². The van der Waals surface area contributed by atoms with Gasteiger partial charge in [0.25, 0.3) is 0 Å². The minimum absolute atomic E-state index is 0.177. The lowest BCUT2D eigenvalue weighted by molar-refractivity contribution is 0.220. The molecule has 0 aliphatic heterocycles. The van der Waals surface area contributed by atoms with Gasteiger partial charge in [0.1, 0.15) is 0 Å². The molecule has 4 heteroatoms.